The smallest absolute Gasteiger partial charge is 0.223 e. The molecule has 0 bridgehead atoms. The molecule has 0 atom stereocenters. The lowest BCUT2D eigenvalue weighted by Crippen LogP contribution is -2.36. The molecule has 12 heavy (non-hydrogen) atoms. The molecule has 3 heteroatoms. The first-order valence-electron chi connectivity index (χ1n) is 4.34. The molecule has 1 amide bonds. The van der Waals surface area contributed by atoms with Gasteiger partial charge in [0.15, 0.2) is 0 Å². The summed E-state index contributed by atoms with van der Waals surface area (Å²) in [6, 6.07) is 0.327. The Kier molecular flexibility index (Phi) is 5.88. The third kappa shape index (κ3) is 4.28. The normalized spacial score (nSPS) is 10.9. The van der Waals surface area contributed by atoms with Crippen molar-refractivity contribution in [1.29, 1.82) is 0 Å². The fourth-order valence-electron chi connectivity index (χ4n) is 0.959. The Bertz CT molecular complexity index is 145. The first kappa shape index (κ1) is 12.2. The predicted octanol–water partition coefficient (Wildman–Crippen LogP) is 2.66. The van der Waals surface area contributed by atoms with Crippen LogP contribution >= 0.6 is 22.6 Å². The number of rotatable bonds is 4. The fraction of sp³-hybridized carbons (Fsp3) is 0.889. The Morgan fingerprint density at radius 2 is 1.83 bits per heavy atom. The van der Waals surface area contributed by atoms with E-state index in [1.54, 1.807) is 0 Å². The van der Waals surface area contributed by atoms with Crippen molar-refractivity contribution < 1.29 is 4.79 Å². The topological polar surface area (TPSA) is 20.3 Å². The molecule has 0 aromatic carbocycles. The van der Waals surface area contributed by atoms with E-state index in [0.717, 1.165) is 4.55 Å². The van der Waals surface area contributed by atoms with Gasteiger partial charge < -0.3 is 4.90 Å². The molecular weight excluding hydrogens is 265 g/mol. The van der Waals surface area contributed by atoms with Crippen LogP contribution in [0.25, 0.3) is 0 Å². The lowest BCUT2D eigenvalue weighted by Gasteiger charge is -2.24. The van der Waals surface area contributed by atoms with Gasteiger partial charge in [-0.1, -0.05) is 36.4 Å². The summed E-state index contributed by atoms with van der Waals surface area (Å²) in [6.45, 7) is 8.25. The largest absolute Gasteiger partial charge is 0.331 e. The summed E-state index contributed by atoms with van der Waals surface area (Å²) in [5.41, 5.74) is 0. The zero-order valence-electron chi connectivity index (χ0n) is 8.30. The maximum atomic E-state index is 11.5. The Hall–Kier alpha value is 0.200. The SMILES string of the molecule is CC(C)CC(=O)N(CI)C(C)C. The molecule has 0 saturated carbocycles. The highest BCUT2D eigenvalue weighted by Crippen LogP contribution is 2.09. The molecule has 0 aliphatic heterocycles. The molecule has 0 aliphatic rings. The summed E-state index contributed by atoms with van der Waals surface area (Å²) in [4.78, 5) is 13.5. The third-order valence-electron chi connectivity index (χ3n) is 1.66. The molecule has 0 rings (SSSR count). The summed E-state index contributed by atoms with van der Waals surface area (Å²) in [6.07, 6.45) is 0.668. The second-order valence-corrected chi connectivity index (χ2v) is 4.36. The first-order chi connectivity index (χ1) is 5.49. The standard InChI is InChI=1S/C9H18INO/c1-7(2)5-9(12)11(6-10)8(3)4/h7-8H,5-6H2,1-4H3. The minimum Gasteiger partial charge on any atom is -0.331 e. The quantitative estimate of drug-likeness (QED) is 0.441. The molecule has 0 unspecified atom stereocenters. The van der Waals surface area contributed by atoms with Crippen molar-refractivity contribution in [3.8, 4) is 0 Å². The van der Waals surface area contributed by atoms with Crippen LogP contribution in [-0.4, -0.2) is 21.4 Å². The van der Waals surface area contributed by atoms with Crippen LogP contribution < -0.4 is 0 Å². The van der Waals surface area contributed by atoms with Gasteiger partial charge in [-0.3, -0.25) is 4.79 Å². The van der Waals surface area contributed by atoms with Gasteiger partial charge in [0.1, 0.15) is 0 Å². The van der Waals surface area contributed by atoms with Crippen LogP contribution in [0.4, 0.5) is 0 Å². The zero-order valence-corrected chi connectivity index (χ0v) is 10.5. The second-order valence-electron chi connectivity index (χ2n) is 3.67. The molecule has 0 aliphatic carbocycles. The lowest BCUT2D eigenvalue weighted by molar-refractivity contribution is -0.132. The molecule has 0 radical (unpaired) electrons. The molecule has 0 N–H and O–H groups in total. The molecule has 0 spiro atoms. The predicted molar refractivity (Wildman–Crippen MR) is 60.3 cm³/mol. The van der Waals surface area contributed by atoms with Crippen molar-refractivity contribution in [1.82, 2.24) is 4.90 Å². The third-order valence-corrected chi connectivity index (χ3v) is 2.39. The van der Waals surface area contributed by atoms with Crippen molar-refractivity contribution in [2.45, 2.75) is 40.2 Å². The van der Waals surface area contributed by atoms with Crippen LogP contribution in [0.2, 0.25) is 0 Å². The highest BCUT2D eigenvalue weighted by molar-refractivity contribution is 14.1. The molecule has 0 aromatic rings. The monoisotopic (exact) mass is 283 g/mol. The zero-order chi connectivity index (χ0) is 9.72. The Morgan fingerprint density at radius 3 is 2.08 bits per heavy atom. The summed E-state index contributed by atoms with van der Waals surface area (Å²) in [7, 11) is 0. The molecule has 2 nitrogen and oxygen atoms in total. The minimum absolute atomic E-state index is 0.273. The summed E-state index contributed by atoms with van der Waals surface area (Å²) >= 11 is 2.23. The van der Waals surface area contributed by atoms with Crippen molar-refractivity contribution in [2.24, 2.45) is 5.92 Å². The number of amides is 1. The first-order valence-corrected chi connectivity index (χ1v) is 5.87. The van der Waals surface area contributed by atoms with Crippen LogP contribution in [0, 0.1) is 5.92 Å². The van der Waals surface area contributed by atoms with Crippen molar-refractivity contribution in [3.63, 3.8) is 0 Å². The van der Waals surface area contributed by atoms with Crippen molar-refractivity contribution in [3.05, 3.63) is 0 Å². The van der Waals surface area contributed by atoms with Gasteiger partial charge >= 0.3 is 0 Å². The van der Waals surface area contributed by atoms with E-state index < -0.39 is 0 Å². The van der Waals surface area contributed by atoms with E-state index in [0.29, 0.717) is 18.4 Å². The van der Waals surface area contributed by atoms with E-state index in [4.69, 9.17) is 0 Å². The number of hydrogen-bond donors (Lipinski definition) is 0. The number of hydrogen-bond acceptors (Lipinski definition) is 1. The van der Waals surface area contributed by atoms with Gasteiger partial charge in [-0.15, -0.1) is 0 Å². The van der Waals surface area contributed by atoms with Gasteiger partial charge in [-0.2, -0.15) is 0 Å². The highest BCUT2D eigenvalue weighted by atomic mass is 127. The van der Waals surface area contributed by atoms with Gasteiger partial charge in [0.2, 0.25) is 5.91 Å². The van der Waals surface area contributed by atoms with Crippen LogP contribution in [-0.2, 0) is 4.79 Å². The van der Waals surface area contributed by atoms with E-state index in [2.05, 4.69) is 50.3 Å². The minimum atomic E-state index is 0.273. The number of carbonyl (C=O) groups excluding carboxylic acids is 1. The Balaban J connectivity index is 4.04. The van der Waals surface area contributed by atoms with Gasteiger partial charge in [0.25, 0.3) is 0 Å². The molecule has 0 fully saturated rings. The van der Waals surface area contributed by atoms with Crippen LogP contribution in [0.1, 0.15) is 34.1 Å². The summed E-state index contributed by atoms with van der Waals surface area (Å²) in [5.74, 6) is 0.733. The average molecular weight is 283 g/mol. The van der Waals surface area contributed by atoms with Crippen molar-refractivity contribution in [2.75, 3.05) is 4.55 Å². The van der Waals surface area contributed by atoms with Crippen molar-refractivity contribution >= 4 is 28.5 Å². The number of halogens is 1. The fourth-order valence-corrected chi connectivity index (χ4v) is 2.13. The van der Waals surface area contributed by atoms with E-state index in [1.165, 1.54) is 0 Å². The van der Waals surface area contributed by atoms with Gasteiger partial charge in [-0.25, -0.2) is 0 Å². The number of alkyl halides is 1. The van der Waals surface area contributed by atoms with E-state index >= 15 is 0 Å². The van der Waals surface area contributed by atoms with Crippen LogP contribution in [0.3, 0.4) is 0 Å². The van der Waals surface area contributed by atoms with Crippen LogP contribution in [0.5, 0.6) is 0 Å². The molecular formula is C9H18INO. The summed E-state index contributed by atoms with van der Waals surface area (Å²) in [5, 5.41) is 0. The number of carbonyl (C=O) groups is 1. The van der Waals surface area contributed by atoms with E-state index in [-0.39, 0.29) is 5.91 Å². The van der Waals surface area contributed by atoms with Gasteiger partial charge in [0.05, 0.1) is 4.55 Å². The molecule has 72 valence electrons. The Morgan fingerprint density at radius 1 is 1.33 bits per heavy atom. The number of nitrogens with zero attached hydrogens (tertiary/aromatic N) is 1. The lowest BCUT2D eigenvalue weighted by atomic mass is 10.1. The van der Waals surface area contributed by atoms with Gasteiger partial charge in [-0.05, 0) is 19.8 Å². The maximum absolute atomic E-state index is 11.5. The average Bonchev–Trinajstić information content (AvgIpc) is 1.85. The molecule has 0 aromatic heterocycles. The van der Waals surface area contributed by atoms with E-state index in [9.17, 15) is 4.79 Å². The highest BCUT2D eigenvalue weighted by Gasteiger charge is 2.15. The maximum Gasteiger partial charge on any atom is 0.223 e. The van der Waals surface area contributed by atoms with Crippen LogP contribution in [0.15, 0.2) is 0 Å². The second kappa shape index (κ2) is 5.78. The molecule has 0 heterocycles. The van der Waals surface area contributed by atoms with E-state index in [1.807, 2.05) is 4.90 Å². The van der Waals surface area contributed by atoms with Gasteiger partial charge in [0, 0.05) is 12.5 Å². The Labute approximate surface area is 88.8 Å². The summed E-state index contributed by atoms with van der Waals surface area (Å²) < 4.78 is 0.793. The molecule has 0 saturated heterocycles.